The van der Waals surface area contributed by atoms with Crippen molar-refractivity contribution >= 4 is 38.6 Å². The highest BCUT2D eigenvalue weighted by Gasteiger charge is 2.25. The Balaban J connectivity index is 2.18. The van der Waals surface area contributed by atoms with Crippen LogP contribution in [0, 0.1) is 10.1 Å². The molecule has 0 atom stereocenters. The summed E-state index contributed by atoms with van der Waals surface area (Å²) in [6.07, 6.45) is 3.56. The van der Waals surface area contributed by atoms with Crippen LogP contribution in [0.4, 0.5) is 5.69 Å². The van der Waals surface area contributed by atoms with E-state index in [1.165, 1.54) is 0 Å². The quantitative estimate of drug-likeness (QED) is 0.669. The van der Waals surface area contributed by atoms with Crippen molar-refractivity contribution < 1.29 is 13.3 Å². The van der Waals surface area contributed by atoms with E-state index in [9.17, 15) is 18.5 Å². The summed E-state index contributed by atoms with van der Waals surface area (Å²) in [5, 5.41) is 10.7. The highest BCUT2D eigenvalue weighted by Crippen LogP contribution is 2.36. The third kappa shape index (κ3) is 3.18. The van der Waals surface area contributed by atoms with Crippen molar-refractivity contribution in [2.45, 2.75) is 10.8 Å². The lowest BCUT2D eigenvalue weighted by Crippen LogP contribution is -2.22. The van der Waals surface area contributed by atoms with E-state index in [0.717, 1.165) is 11.6 Å². The molecule has 0 spiro atoms. The maximum Gasteiger partial charge on any atom is 0.300 e. The Morgan fingerprint density at radius 3 is 2.75 bits per heavy atom. The van der Waals surface area contributed by atoms with Crippen molar-refractivity contribution in [1.29, 1.82) is 0 Å². The Morgan fingerprint density at radius 2 is 2.25 bits per heavy atom. The molecule has 7 nitrogen and oxygen atoms in total. The average Bonchev–Trinajstić information content (AvgIpc) is 2.93. The fourth-order valence-corrected chi connectivity index (χ4v) is 4.24. The second kappa shape index (κ2) is 5.52. The van der Waals surface area contributed by atoms with E-state index in [1.807, 2.05) is 7.05 Å². The van der Waals surface area contributed by atoms with Crippen molar-refractivity contribution in [3.05, 3.63) is 44.5 Å². The first kappa shape index (κ1) is 15.0. The fraction of sp³-hybridized carbons (Fsp3) is 0.200. The number of hydrogen-bond acceptors (Lipinski definition) is 5. The van der Waals surface area contributed by atoms with E-state index in [1.54, 1.807) is 23.0 Å². The van der Waals surface area contributed by atoms with Crippen LogP contribution in [0.3, 0.4) is 0 Å². The molecule has 0 aliphatic rings. The number of hydrogen-bond donors (Lipinski definition) is 1. The van der Waals surface area contributed by atoms with Gasteiger partial charge in [-0.05, 0) is 11.6 Å². The first-order valence-corrected chi connectivity index (χ1v) is 8.01. The molecular weight excluding hydrogens is 326 g/mol. The number of aryl methyl sites for hydroxylation is 1. The predicted octanol–water partition coefficient (Wildman–Crippen LogP) is 2.13. The summed E-state index contributed by atoms with van der Waals surface area (Å²) >= 11 is 6.31. The monoisotopic (exact) mass is 335 g/mol. The molecule has 2 aromatic heterocycles. The Morgan fingerprint density at radius 1 is 1.55 bits per heavy atom. The van der Waals surface area contributed by atoms with Crippen LogP contribution in [-0.4, -0.2) is 17.9 Å². The third-order valence-electron chi connectivity index (χ3n) is 2.47. The Kier molecular flexibility index (Phi) is 4.14. The minimum absolute atomic E-state index is 0.104. The van der Waals surface area contributed by atoms with Gasteiger partial charge in [-0.1, -0.05) is 11.6 Å². The van der Waals surface area contributed by atoms with Crippen molar-refractivity contribution in [2.75, 3.05) is 0 Å². The average molecular weight is 336 g/mol. The van der Waals surface area contributed by atoms with Crippen LogP contribution in [0.15, 0.2) is 28.7 Å². The first-order chi connectivity index (χ1) is 9.29. The fourth-order valence-electron chi connectivity index (χ4n) is 1.51. The van der Waals surface area contributed by atoms with E-state index >= 15 is 0 Å². The molecule has 0 bridgehead atoms. The van der Waals surface area contributed by atoms with Crippen molar-refractivity contribution in [3.8, 4) is 0 Å². The van der Waals surface area contributed by atoms with Crippen LogP contribution < -0.4 is 4.72 Å². The molecule has 0 aliphatic carbocycles. The van der Waals surface area contributed by atoms with Gasteiger partial charge in [-0.3, -0.25) is 10.1 Å². The number of halogens is 1. The summed E-state index contributed by atoms with van der Waals surface area (Å²) in [6, 6.07) is 2.73. The molecule has 0 amide bonds. The predicted molar refractivity (Wildman–Crippen MR) is 75.4 cm³/mol. The molecule has 0 saturated carbocycles. The number of thiophene rings is 1. The lowest BCUT2D eigenvalue weighted by atomic mass is 10.4. The summed E-state index contributed by atoms with van der Waals surface area (Å²) in [4.78, 5) is 9.94. The second-order valence-electron chi connectivity index (χ2n) is 3.99. The number of rotatable bonds is 5. The topological polar surface area (TPSA) is 94.2 Å². The van der Waals surface area contributed by atoms with Gasteiger partial charge in [0.05, 0.1) is 4.92 Å². The summed E-state index contributed by atoms with van der Waals surface area (Å²) in [7, 11) is -1.99. The van der Waals surface area contributed by atoms with E-state index in [-0.39, 0.29) is 15.1 Å². The number of nitrogens with zero attached hydrogens (tertiary/aromatic N) is 2. The maximum absolute atomic E-state index is 12.0. The van der Waals surface area contributed by atoms with Gasteiger partial charge in [0.1, 0.15) is 4.21 Å². The highest BCUT2D eigenvalue weighted by molar-refractivity contribution is 7.91. The Bertz CT molecular complexity index is 750. The van der Waals surface area contributed by atoms with Crippen molar-refractivity contribution in [1.82, 2.24) is 9.29 Å². The number of aromatic nitrogens is 1. The van der Waals surface area contributed by atoms with Gasteiger partial charge in [0.15, 0.2) is 4.34 Å². The molecule has 2 rings (SSSR count). The van der Waals surface area contributed by atoms with Gasteiger partial charge in [0.2, 0.25) is 0 Å². The molecule has 0 fully saturated rings. The van der Waals surface area contributed by atoms with Crippen LogP contribution in [0.2, 0.25) is 4.34 Å². The van der Waals surface area contributed by atoms with Crippen LogP contribution in [0.1, 0.15) is 5.56 Å². The van der Waals surface area contributed by atoms with Gasteiger partial charge in [0, 0.05) is 32.1 Å². The summed E-state index contributed by atoms with van der Waals surface area (Å²) in [5.41, 5.74) is 0.380. The molecule has 0 aliphatic heterocycles. The van der Waals surface area contributed by atoms with E-state index in [0.29, 0.717) is 11.3 Å². The van der Waals surface area contributed by atoms with Gasteiger partial charge >= 0.3 is 0 Å². The van der Waals surface area contributed by atoms with E-state index in [2.05, 4.69) is 4.72 Å². The first-order valence-electron chi connectivity index (χ1n) is 5.34. The molecule has 0 radical (unpaired) electrons. The molecule has 0 aromatic carbocycles. The zero-order chi connectivity index (χ0) is 14.9. The normalized spacial score (nSPS) is 11.7. The molecule has 0 unspecified atom stereocenters. The van der Waals surface area contributed by atoms with Crippen LogP contribution in [0.5, 0.6) is 0 Å². The van der Waals surface area contributed by atoms with Gasteiger partial charge in [-0.25, -0.2) is 13.1 Å². The van der Waals surface area contributed by atoms with Gasteiger partial charge in [-0.2, -0.15) is 0 Å². The summed E-state index contributed by atoms with van der Waals surface area (Å²) in [6.45, 7) is 0.104. The number of sulfonamides is 1. The lowest BCUT2D eigenvalue weighted by Gasteiger charge is -2.02. The summed E-state index contributed by atoms with van der Waals surface area (Å²) < 4.78 is 27.9. The lowest BCUT2D eigenvalue weighted by molar-refractivity contribution is -0.384. The Hall–Kier alpha value is -1.42. The van der Waals surface area contributed by atoms with Crippen LogP contribution in [0.25, 0.3) is 0 Å². The molecule has 2 heterocycles. The van der Waals surface area contributed by atoms with Gasteiger partial charge < -0.3 is 4.57 Å². The van der Waals surface area contributed by atoms with Crippen LogP contribution >= 0.6 is 22.9 Å². The van der Waals surface area contributed by atoms with Crippen LogP contribution in [-0.2, 0) is 23.6 Å². The number of nitro groups is 1. The zero-order valence-corrected chi connectivity index (χ0v) is 12.6. The Labute approximate surface area is 124 Å². The SMILES string of the molecule is Cn1ccc(CNS(=O)(=O)c2cc([N+](=O)[O-])c(Cl)s2)c1. The standard InChI is InChI=1S/C10H10ClN3O4S2/c1-13-3-2-7(6-13)5-12-20(17,18)9-4-8(14(15)16)10(11)19-9/h2-4,6,12H,5H2,1H3. The molecule has 1 N–H and O–H groups in total. The largest absolute Gasteiger partial charge is 0.357 e. The van der Waals surface area contributed by atoms with E-state index < -0.39 is 20.6 Å². The smallest absolute Gasteiger partial charge is 0.300 e. The maximum atomic E-state index is 12.0. The highest BCUT2D eigenvalue weighted by atomic mass is 35.5. The van der Waals surface area contributed by atoms with Crippen molar-refractivity contribution in [3.63, 3.8) is 0 Å². The zero-order valence-electron chi connectivity index (χ0n) is 10.2. The minimum Gasteiger partial charge on any atom is -0.357 e. The van der Waals surface area contributed by atoms with Crippen molar-refractivity contribution in [2.24, 2.45) is 7.05 Å². The minimum atomic E-state index is -3.81. The third-order valence-corrected chi connectivity index (χ3v) is 5.68. The second-order valence-corrected chi connectivity index (χ2v) is 7.64. The molecule has 2 aromatic rings. The molecule has 10 heteroatoms. The van der Waals surface area contributed by atoms with E-state index in [4.69, 9.17) is 11.6 Å². The van der Waals surface area contributed by atoms with Gasteiger partial charge in [-0.15, -0.1) is 11.3 Å². The molecular formula is C10H10ClN3O4S2. The molecule has 108 valence electrons. The molecule has 20 heavy (non-hydrogen) atoms. The summed E-state index contributed by atoms with van der Waals surface area (Å²) in [5.74, 6) is 0. The number of nitrogens with one attached hydrogen (secondary N) is 1. The van der Waals surface area contributed by atoms with Gasteiger partial charge in [0.25, 0.3) is 15.7 Å². The molecule has 0 saturated heterocycles.